The van der Waals surface area contributed by atoms with Crippen LogP contribution in [0.2, 0.25) is 0 Å². The van der Waals surface area contributed by atoms with Crippen LogP contribution in [0.4, 0.5) is 0 Å². The van der Waals surface area contributed by atoms with Gasteiger partial charge in [-0.15, -0.1) is 0 Å². The van der Waals surface area contributed by atoms with Crippen LogP contribution in [0.1, 0.15) is 44.9 Å². The zero-order valence-electron chi connectivity index (χ0n) is 11.5. The molecule has 5 atom stereocenters. The summed E-state index contributed by atoms with van der Waals surface area (Å²) in [4.78, 5) is 2.36. The van der Waals surface area contributed by atoms with E-state index in [1.54, 1.807) is 0 Å². The smallest absolute Gasteiger partial charge is 0.0127 e. The first-order valence-electron chi connectivity index (χ1n) is 7.52. The molecular formula is C15H28N2. The van der Waals surface area contributed by atoms with Gasteiger partial charge in [0.2, 0.25) is 0 Å². The average molecular weight is 236 g/mol. The van der Waals surface area contributed by atoms with Gasteiger partial charge in [-0.05, 0) is 75.8 Å². The monoisotopic (exact) mass is 236 g/mol. The molecule has 17 heavy (non-hydrogen) atoms. The molecule has 3 aliphatic rings. The van der Waals surface area contributed by atoms with Crippen molar-refractivity contribution in [1.29, 1.82) is 0 Å². The number of fused-ring (bicyclic) bond motifs is 3. The predicted molar refractivity (Wildman–Crippen MR) is 71.8 cm³/mol. The van der Waals surface area contributed by atoms with Gasteiger partial charge in [0.15, 0.2) is 0 Å². The van der Waals surface area contributed by atoms with E-state index in [0.29, 0.717) is 11.5 Å². The van der Waals surface area contributed by atoms with Gasteiger partial charge in [-0.1, -0.05) is 6.42 Å². The molecule has 0 heterocycles. The minimum Gasteiger partial charge on any atom is -0.327 e. The summed E-state index contributed by atoms with van der Waals surface area (Å²) < 4.78 is 0. The van der Waals surface area contributed by atoms with Crippen LogP contribution in [0.3, 0.4) is 0 Å². The average Bonchev–Trinajstić information content (AvgIpc) is 2.83. The largest absolute Gasteiger partial charge is 0.327 e. The lowest BCUT2D eigenvalue weighted by molar-refractivity contribution is 0.0407. The van der Waals surface area contributed by atoms with Crippen molar-refractivity contribution in [2.45, 2.75) is 51.0 Å². The number of rotatable bonds is 2. The van der Waals surface area contributed by atoms with Crippen molar-refractivity contribution >= 4 is 0 Å². The maximum atomic E-state index is 6.61. The first-order chi connectivity index (χ1) is 8.12. The highest BCUT2D eigenvalue weighted by Gasteiger charge is 2.57. The van der Waals surface area contributed by atoms with Crippen LogP contribution in [0.15, 0.2) is 0 Å². The molecule has 2 N–H and O–H groups in total. The van der Waals surface area contributed by atoms with Crippen molar-refractivity contribution in [3.63, 3.8) is 0 Å². The SMILES string of the molecule is CN(C)C[C@H]1CCC[C@@]2(C1)C1CC[C@H](C1)[C@@H]2N. The molecule has 2 heteroatoms. The molecule has 0 aliphatic heterocycles. The van der Waals surface area contributed by atoms with Gasteiger partial charge >= 0.3 is 0 Å². The molecule has 1 spiro atoms. The molecule has 3 fully saturated rings. The lowest BCUT2D eigenvalue weighted by Gasteiger charge is -2.48. The number of hydrogen-bond acceptors (Lipinski definition) is 2. The van der Waals surface area contributed by atoms with E-state index in [4.69, 9.17) is 5.73 Å². The molecule has 0 aromatic carbocycles. The van der Waals surface area contributed by atoms with Crippen molar-refractivity contribution in [2.24, 2.45) is 28.9 Å². The Labute approximate surface area is 106 Å². The second-order valence-corrected chi connectivity index (χ2v) is 7.25. The van der Waals surface area contributed by atoms with Crippen LogP contribution >= 0.6 is 0 Å². The highest BCUT2D eigenvalue weighted by molar-refractivity contribution is 5.10. The van der Waals surface area contributed by atoms with Gasteiger partial charge < -0.3 is 10.6 Å². The molecule has 3 saturated carbocycles. The van der Waals surface area contributed by atoms with E-state index in [9.17, 15) is 0 Å². The molecule has 0 aromatic rings. The van der Waals surface area contributed by atoms with Gasteiger partial charge in [-0.2, -0.15) is 0 Å². The molecule has 98 valence electrons. The van der Waals surface area contributed by atoms with Crippen molar-refractivity contribution in [3.05, 3.63) is 0 Å². The van der Waals surface area contributed by atoms with Gasteiger partial charge in [-0.3, -0.25) is 0 Å². The first kappa shape index (κ1) is 12.0. The Hall–Kier alpha value is -0.0800. The maximum Gasteiger partial charge on any atom is 0.0127 e. The van der Waals surface area contributed by atoms with E-state index in [2.05, 4.69) is 19.0 Å². The topological polar surface area (TPSA) is 29.3 Å². The van der Waals surface area contributed by atoms with E-state index in [0.717, 1.165) is 17.8 Å². The molecule has 0 radical (unpaired) electrons. The first-order valence-corrected chi connectivity index (χ1v) is 7.52. The zero-order valence-corrected chi connectivity index (χ0v) is 11.5. The van der Waals surface area contributed by atoms with E-state index in [-0.39, 0.29) is 0 Å². The highest BCUT2D eigenvalue weighted by atomic mass is 15.1. The van der Waals surface area contributed by atoms with E-state index in [1.165, 1.54) is 51.5 Å². The second-order valence-electron chi connectivity index (χ2n) is 7.25. The van der Waals surface area contributed by atoms with Crippen molar-refractivity contribution in [1.82, 2.24) is 4.90 Å². The molecule has 0 saturated heterocycles. The predicted octanol–water partition coefficient (Wildman–Crippen LogP) is 2.48. The summed E-state index contributed by atoms with van der Waals surface area (Å²) in [5.74, 6) is 2.76. The fraction of sp³-hybridized carbons (Fsp3) is 1.00. The van der Waals surface area contributed by atoms with Crippen LogP contribution in [0, 0.1) is 23.2 Å². The quantitative estimate of drug-likeness (QED) is 0.798. The maximum absolute atomic E-state index is 6.61. The molecule has 1 unspecified atom stereocenters. The Morgan fingerprint density at radius 1 is 1.24 bits per heavy atom. The Morgan fingerprint density at radius 2 is 2.06 bits per heavy atom. The third kappa shape index (κ3) is 1.84. The highest BCUT2D eigenvalue weighted by Crippen LogP contribution is 2.61. The lowest BCUT2D eigenvalue weighted by Crippen LogP contribution is -2.49. The summed E-state index contributed by atoms with van der Waals surface area (Å²) in [5, 5.41) is 0. The normalized spacial score (nSPS) is 49.4. The summed E-state index contributed by atoms with van der Waals surface area (Å²) in [6.07, 6.45) is 10.1. The van der Waals surface area contributed by atoms with Gasteiger partial charge in [0, 0.05) is 12.6 Å². The van der Waals surface area contributed by atoms with Crippen LogP contribution < -0.4 is 5.73 Å². The Bertz CT molecular complexity index is 285. The third-order valence-corrected chi connectivity index (χ3v) is 6.00. The molecule has 0 aromatic heterocycles. The van der Waals surface area contributed by atoms with Crippen LogP contribution in [-0.2, 0) is 0 Å². The summed E-state index contributed by atoms with van der Waals surface area (Å²) >= 11 is 0. The van der Waals surface area contributed by atoms with Crippen molar-refractivity contribution in [3.8, 4) is 0 Å². The summed E-state index contributed by atoms with van der Waals surface area (Å²) in [7, 11) is 4.42. The zero-order chi connectivity index (χ0) is 12.0. The number of nitrogens with zero attached hydrogens (tertiary/aromatic N) is 1. The lowest BCUT2D eigenvalue weighted by atomic mass is 9.59. The summed E-state index contributed by atoms with van der Waals surface area (Å²) in [6.45, 7) is 1.27. The van der Waals surface area contributed by atoms with Crippen LogP contribution in [-0.4, -0.2) is 31.6 Å². The fourth-order valence-electron chi connectivity index (χ4n) is 5.41. The molecule has 3 aliphatic carbocycles. The van der Waals surface area contributed by atoms with E-state index >= 15 is 0 Å². The Morgan fingerprint density at radius 3 is 2.71 bits per heavy atom. The van der Waals surface area contributed by atoms with Crippen molar-refractivity contribution in [2.75, 3.05) is 20.6 Å². The standard InChI is InChI=1S/C15H28N2/c1-17(2)10-11-4-3-7-15(9-11)13-6-5-12(8-13)14(15)16/h11-14H,3-10,16H2,1-2H3/t11-,12+,13?,14-,15+/m0/s1. The van der Waals surface area contributed by atoms with Gasteiger partial charge in [-0.25, -0.2) is 0 Å². The Balaban J connectivity index is 1.74. The molecule has 0 amide bonds. The van der Waals surface area contributed by atoms with Crippen LogP contribution in [0.25, 0.3) is 0 Å². The number of hydrogen-bond donors (Lipinski definition) is 1. The minimum absolute atomic E-state index is 0.534. The molecular weight excluding hydrogens is 208 g/mol. The third-order valence-electron chi connectivity index (χ3n) is 6.00. The minimum atomic E-state index is 0.534. The van der Waals surface area contributed by atoms with E-state index in [1.807, 2.05) is 0 Å². The summed E-state index contributed by atoms with van der Waals surface area (Å²) in [6, 6.07) is 0.534. The molecule has 2 nitrogen and oxygen atoms in total. The van der Waals surface area contributed by atoms with Gasteiger partial charge in [0.25, 0.3) is 0 Å². The second kappa shape index (κ2) is 4.24. The van der Waals surface area contributed by atoms with Crippen LogP contribution in [0.5, 0.6) is 0 Å². The molecule has 3 rings (SSSR count). The summed E-state index contributed by atoms with van der Waals surface area (Å²) in [5.41, 5.74) is 7.17. The number of nitrogens with two attached hydrogens (primary N) is 1. The fourth-order valence-corrected chi connectivity index (χ4v) is 5.41. The molecule has 2 bridgehead atoms. The van der Waals surface area contributed by atoms with Crippen molar-refractivity contribution < 1.29 is 0 Å². The van der Waals surface area contributed by atoms with Gasteiger partial charge in [0.05, 0.1) is 0 Å². The Kier molecular flexibility index (Phi) is 2.99. The van der Waals surface area contributed by atoms with E-state index < -0.39 is 0 Å². The van der Waals surface area contributed by atoms with Gasteiger partial charge in [0.1, 0.15) is 0 Å².